The Bertz CT molecular complexity index is 516. The second-order valence-electron chi connectivity index (χ2n) is 3.92. The summed E-state index contributed by atoms with van der Waals surface area (Å²) in [7, 11) is 0. The van der Waals surface area contributed by atoms with Gasteiger partial charge in [-0.3, -0.25) is 16.3 Å². The fourth-order valence-electron chi connectivity index (χ4n) is 1.73. The van der Waals surface area contributed by atoms with Gasteiger partial charge in [-0.15, -0.1) is 0 Å². The summed E-state index contributed by atoms with van der Waals surface area (Å²) in [6.45, 7) is 0. The molecule has 3 nitrogen and oxygen atoms in total. The van der Waals surface area contributed by atoms with E-state index in [9.17, 15) is 0 Å². The van der Waals surface area contributed by atoms with Gasteiger partial charge in [-0.1, -0.05) is 29.8 Å². The molecule has 0 aliphatic heterocycles. The van der Waals surface area contributed by atoms with E-state index in [0.29, 0.717) is 6.42 Å². The predicted molar refractivity (Wildman–Crippen MR) is 77.2 cm³/mol. The minimum atomic E-state index is -0.0574. The molecule has 94 valence electrons. The summed E-state index contributed by atoms with van der Waals surface area (Å²) in [5.41, 5.74) is 4.71. The number of hydrazine groups is 1. The second kappa shape index (κ2) is 6.29. The number of pyridine rings is 1. The monoisotopic (exact) mass is 325 g/mol. The van der Waals surface area contributed by atoms with Crippen LogP contribution >= 0.6 is 27.5 Å². The van der Waals surface area contributed by atoms with Crippen molar-refractivity contribution in [2.24, 2.45) is 5.84 Å². The van der Waals surface area contributed by atoms with Crippen molar-refractivity contribution in [3.05, 3.63) is 63.3 Å². The Morgan fingerprint density at radius 2 is 2.06 bits per heavy atom. The van der Waals surface area contributed by atoms with Crippen molar-refractivity contribution in [1.29, 1.82) is 0 Å². The largest absolute Gasteiger partial charge is 0.271 e. The maximum absolute atomic E-state index is 6.14. The van der Waals surface area contributed by atoms with E-state index in [1.165, 1.54) is 0 Å². The Morgan fingerprint density at radius 1 is 1.28 bits per heavy atom. The molecular formula is C13H13BrClN3. The number of nitrogens with one attached hydrogen (secondary N) is 1. The molecule has 1 unspecified atom stereocenters. The van der Waals surface area contributed by atoms with Crippen molar-refractivity contribution in [2.75, 3.05) is 0 Å². The summed E-state index contributed by atoms with van der Waals surface area (Å²) in [5, 5.41) is 0.745. The molecule has 0 saturated heterocycles. The van der Waals surface area contributed by atoms with E-state index >= 15 is 0 Å². The lowest BCUT2D eigenvalue weighted by molar-refractivity contribution is 0.538. The maximum atomic E-state index is 6.14. The van der Waals surface area contributed by atoms with Crippen LogP contribution in [-0.4, -0.2) is 4.98 Å². The lowest BCUT2D eigenvalue weighted by atomic mass is 10.0. The van der Waals surface area contributed by atoms with E-state index < -0.39 is 0 Å². The third-order valence-electron chi connectivity index (χ3n) is 2.69. The van der Waals surface area contributed by atoms with Crippen LogP contribution in [0.25, 0.3) is 0 Å². The molecule has 1 aromatic carbocycles. The Labute approximate surface area is 119 Å². The fourth-order valence-corrected chi connectivity index (χ4v) is 2.17. The summed E-state index contributed by atoms with van der Waals surface area (Å²) in [5.74, 6) is 5.60. The number of aromatic nitrogens is 1. The van der Waals surface area contributed by atoms with Gasteiger partial charge in [-0.2, -0.15) is 0 Å². The van der Waals surface area contributed by atoms with Crippen LogP contribution in [0.3, 0.4) is 0 Å². The molecule has 18 heavy (non-hydrogen) atoms. The molecule has 3 N–H and O–H groups in total. The van der Waals surface area contributed by atoms with Crippen LogP contribution in [0.4, 0.5) is 0 Å². The predicted octanol–water partition coefficient (Wildman–Crippen LogP) is 3.24. The molecule has 5 heteroatoms. The van der Waals surface area contributed by atoms with Gasteiger partial charge in [0.2, 0.25) is 0 Å². The molecule has 1 aromatic heterocycles. The molecule has 0 bridgehead atoms. The third kappa shape index (κ3) is 3.29. The van der Waals surface area contributed by atoms with Crippen LogP contribution in [0, 0.1) is 0 Å². The molecule has 2 rings (SSSR count). The smallest absolute Gasteiger partial charge is 0.0672 e. The highest BCUT2D eigenvalue weighted by Crippen LogP contribution is 2.22. The molecule has 1 atom stereocenters. The van der Waals surface area contributed by atoms with Gasteiger partial charge >= 0.3 is 0 Å². The van der Waals surface area contributed by atoms with Crippen LogP contribution in [-0.2, 0) is 6.42 Å². The molecule has 0 spiro atoms. The highest BCUT2D eigenvalue weighted by atomic mass is 79.9. The summed E-state index contributed by atoms with van der Waals surface area (Å²) in [6.07, 6.45) is 2.46. The molecule has 0 amide bonds. The Morgan fingerprint density at radius 3 is 2.67 bits per heavy atom. The average molecular weight is 327 g/mol. The number of nitrogens with two attached hydrogens (primary N) is 1. The van der Waals surface area contributed by atoms with Crippen LogP contribution < -0.4 is 11.3 Å². The highest BCUT2D eigenvalue weighted by Gasteiger charge is 2.13. The SMILES string of the molecule is NNC(Cc1ccccc1Cl)c1ccc(Br)cn1. The van der Waals surface area contributed by atoms with Crippen molar-refractivity contribution < 1.29 is 0 Å². The Hall–Kier alpha value is -0.940. The van der Waals surface area contributed by atoms with Crippen molar-refractivity contribution in [1.82, 2.24) is 10.4 Å². The van der Waals surface area contributed by atoms with Crippen molar-refractivity contribution in [2.45, 2.75) is 12.5 Å². The molecular weight excluding hydrogens is 314 g/mol. The van der Waals surface area contributed by atoms with Gasteiger partial charge in [0.15, 0.2) is 0 Å². The fraction of sp³-hybridized carbons (Fsp3) is 0.154. The van der Waals surface area contributed by atoms with Gasteiger partial charge in [-0.05, 0) is 46.1 Å². The molecule has 2 aromatic rings. The standard InChI is InChI=1S/C13H13BrClN3/c14-10-5-6-12(17-8-10)13(18-16)7-9-3-1-2-4-11(9)15/h1-6,8,13,18H,7,16H2. The van der Waals surface area contributed by atoms with Gasteiger partial charge in [-0.25, -0.2) is 0 Å². The summed E-state index contributed by atoms with van der Waals surface area (Å²) in [4.78, 5) is 4.34. The first-order valence-electron chi connectivity index (χ1n) is 5.51. The number of nitrogens with zero attached hydrogens (tertiary/aromatic N) is 1. The number of rotatable bonds is 4. The lowest BCUT2D eigenvalue weighted by Gasteiger charge is -2.16. The number of hydrogen-bond acceptors (Lipinski definition) is 3. The minimum absolute atomic E-state index is 0.0574. The first-order valence-corrected chi connectivity index (χ1v) is 6.69. The molecule has 0 saturated carbocycles. The van der Waals surface area contributed by atoms with Gasteiger partial charge < -0.3 is 0 Å². The average Bonchev–Trinajstić information content (AvgIpc) is 2.39. The summed E-state index contributed by atoms with van der Waals surface area (Å²) in [6, 6.07) is 11.6. The zero-order chi connectivity index (χ0) is 13.0. The minimum Gasteiger partial charge on any atom is -0.271 e. The highest BCUT2D eigenvalue weighted by molar-refractivity contribution is 9.10. The van der Waals surface area contributed by atoms with Crippen LogP contribution in [0.2, 0.25) is 5.02 Å². The van der Waals surface area contributed by atoms with E-state index in [-0.39, 0.29) is 6.04 Å². The molecule has 0 aliphatic rings. The Balaban J connectivity index is 2.20. The first-order chi connectivity index (χ1) is 8.70. The normalized spacial score (nSPS) is 12.4. The van der Waals surface area contributed by atoms with Gasteiger partial charge in [0.05, 0.1) is 11.7 Å². The van der Waals surface area contributed by atoms with E-state index in [1.54, 1.807) is 6.20 Å². The third-order valence-corrected chi connectivity index (χ3v) is 3.53. The Kier molecular flexibility index (Phi) is 4.72. The van der Waals surface area contributed by atoms with Crippen LogP contribution in [0.15, 0.2) is 47.1 Å². The van der Waals surface area contributed by atoms with Gasteiger partial charge in [0.1, 0.15) is 0 Å². The molecule has 0 aliphatic carbocycles. The van der Waals surface area contributed by atoms with Crippen LogP contribution in [0.1, 0.15) is 17.3 Å². The van der Waals surface area contributed by atoms with E-state index in [2.05, 4.69) is 26.3 Å². The van der Waals surface area contributed by atoms with E-state index in [1.807, 2.05) is 36.4 Å². The number of hydrogen-bond donors (Lipinski definition) is 2. The zero-order valence-corrected chi connectivity index (χ0v) is 11.9. The lowest BCUT2D eigenvalue weighted by Crippen LogP contribution is -2.30. The quantitative estimate of drug-likeness (QED) is 0.670. The number of halogens is 2. The number of benzene rings is 1. The maximum Gasteiger partial charge on any atom is 0.0672 e. The molecule has 0 radical (unpaired) electrons. The topological polar surface area (TPSA) is 50.9 Å². The zero-order valence-electron chi connectivity index (χ0n) is 9.61. The second-order valence-corrected chi connectivity index (χ2v) is 5.24. The van der Waals surface area contributed by atoms with Crippen LogP contribution in [0.5, 0.6) is 0 Å². The van der Waals surface area contributed by atoms with Gasteiger partial charge in [0.25, 0.3) is 0 Å². The van der Waals surface area contributed by atoms with E-state index in [4.69, 9.17) is 17.4 Å². The van der Waals surface area contributed by atoms with Crippen molar-refractivity contribution in [3.8, 4) is 0 Å². The van der Waals surface area contributed by atoms with Crippen molar-refractivity contribution >= 4 is 27.5 Å². The summed E-state index contributed by atoms with van der Waals surface area (Å²) >= 11 is 9.50. The summed E-state index contributed by atoms with van der Waals surface area (Å²) < 4.78 is 0.944. The molecule has 1 heterocycles. The first kappa shape index (κ1) is 13.5. The van der Waals surface area contributed by atoms with Crippen molar-refractivity contribution in [3.63, 3.8) is 0 Å². The molecule has 0 fully saturated rings. The van der Waals surface area contributed by atoms with E-state index in [0.717, 1.165) is 20.8 Å². The van der Waals surface area contributed by atoms with Gasteiger partial charge in [0, 0.05) is 15.7 Å².